The lowest BCUT2D eigenvalue weighted by Crippen LogP contribution is -2.47. The van der Waals surface area contributed by atoms with Crippen molar-refractivity contribution in [2.75, 3.05) is 18.1 Å². The summed E-state index contributed by atoms with van der Waals surface area (Å²) in [5.74, 6) is -2.26. The minimum atomic E-state index is -4.06. The van der Waals surface area contributed by atoms with E-state index in [1.807, 2.05) is 0 Å². The van der Waals surface area contributed by atoms with Gasteiger partial charge in [-0.15, -0.1) is 0 Å². The molecule has 100 valence electrons. The van der Waals surface area contributed by atoms with Crippen molar-refractivity contribution in [2.45, 2.75) is 17.7 Å². The number of carboxylic acids is 1. The van der Waals surface area contributed by atoms with Crippen LogP contribution >= 0.6 is 0 Å². The molecular weight excluding hydrogens is 274 g/mol. The topological polar surface area (TPSA) is 138 Å². The van der Waals surface area contributed by atoms with E-state index < -0.39 is 49.5 Å². The van der Waals surface area contributed by atoms with Gasteiger partial charge in [0.25, 0.3) is 0 Å². The zero-order valence-electron chi connectivity index (χ0n) is 8.74. The molecule has 17 heavy (non-hydrogen) atoms. The number of sulfone groups is 1. The number of aliphatic carboxylic acids is 1. The predicted molar refractivity (Wildman–Crippen MR) is 57.6 cm³/mol. The second-order valence-electron chi connectivity index (χ2n) is 3.76. The van der Waals surface area contributed by atoms with Crippen LogP contribution in [-0.2, 0) is 24.7 Å². The Labute approximate surface area is 98.6 Å². The van der Waals surface area contributed by atoms with Crippen LogP contribution in [-0.4, -0.2) is 62.4 Å². The van der Waals surface area contributed by atoms with Crippen molar-refractivity contribution in [1.29, 1.82) is 0 Å². The number of hydrogen-bond donors (Lipinski definition) is 3. The summed E-state index contributed by atoms with van der Waals surface area (Å²) in [6.07, 6.45) is -0.0601. The second kappa shape index (κ2) is 4.88. The molecule has 0 radical (unpaired) electrons. The number of aliphatic hydroxyl groups is 1. The first-order valence-electron chi connectivity index (χ1n) is 4.73. The van der Waals surface area contributed by atoms with E-state index in [1.54, 1.807) is 4.72 Å². The van der Waals surface area contributed by atoms with Gasteiger partial charge < -0.3 is 10.2 Å². The molecule has 1 aliphatic heterocycles. The Morgan fingerprint density at radius 1 is 1.47 bits per heavy atom. The number of sulfonamides is 1. The van der Waals surface area contributed by atoms with Crippen LogP contribution < -0.4 is 4.72 Å². The minimum absolute atomic E-state index is 0.0601. The molecule has 1 fully saturated rings. The molecule has 1 aliphatic rings. The molecule has 8 nitrogen and oxygen atoms in total. The maximum absolute atomic E-state index is 11.6. The molecule has 3 N–H and O–H groups in total. The summed E-state index contributed by atoms with van der Waals surface area (Å²) >= 11 is 0. The Hall–Kier alpha value is -0.710. The highest BCUT2D eigenvalue weighted by molar-refractivity contribution is 7.95. The molecule has 2 atom stereocenters. The van der Waals surface area contributed by atoms with Crippen LogP contribution in [0.15, 0.2) is 0 Å². The van der Waals surface area contributed by atoms with Crippen LogP contribution in [0.3, 0.4) is 0 Å². The van der Waals surface area contributed by atoms with Gasteiger partial charge in [0.05, 0.1) is 23.4 Å². The molecule has 0 spiro atoms. The van der Waals surface area contributed by atoms with Crippen LogP contribution in [0.4, 0.5) is 0 Å². The summed E-state index contributed by atoms with van der Waals surface area (Å²) in [6.45, 7) is -0.895. The molecule has 0 amide bonds. The quantitative estimate of drug-likeness (QED) is 0.509. The average molecular weight is 287 g/mol. The van der Waals surface area contributed by atoms with Crippen LogP contribution in [0.25, 0.3) is 0 Å². The standard InChI is InChI=1S/C7H13NO7S2/c9-3-6(7(10)11)8-17(14,15)5-1-2-16(12,13)4-5/h5-6,8-9H,1-4H2,(H,10,11). The number of carboxylic acid groups (broad SMARTS) is 1. The highest BCUT2D eigenvalue weighted by Gasteiger charge is 2.38. The number of carbonyl (C=O) groups is 1. The van der Waals surface area contributed by atoms with Crippen LogP contribution in [0.2, 0.25) is 0 Å². The van der Waals surface area contributed by atoms with Crippen molar-refractivity contribution in [1.82, 2.24) is 4.72 Å². The molecule has 0 bridgehead atoms. The molecule has 0 aliphatic carbocycles. The van der Waals surface area contributed by atoms with Gasteiger partial charge >= 0.3 is 5.97 Å². The van der Waals surface area contributed by atoms with Crippen molar-refractivity contribution < 1.29 is 31.8 Å². The molecule has 10 heteroatoms. The second-order valence-corrected chi connectivity index (χ2v) is 7.98. The summed E-state index contributed by atoms with van der Waals surface area (Å²) in [5, 5.41) is 16.1. The minimum Gasteiger partial charge on any atom is -0.480 e. The molecule has 0 aromatic heterocycles. The SMILES string of the molecule is O=C(O)C(CO)NS(=O)(=O)C1CCS(=O)(=O)C1. The third-order valence-corrected chi connectivity index (χ3v) is 6.29. The maximum Gasteiger partial charge on any atom is 0.324 e. The lowest BCUT2D eigenvalue weighted by atomic mass is 10.3. The number of rotatable bonds is 5. The van der Waals surface area contributed by atoms with Crippen molar-refractivity contribution in [3.05, 3.63) is 0 Å². The summed E-state index contributed by atoms with van der Waals surface area (Å²) in [4.78, 5) is 10.5. The van der Waals surface area contributed by atoms with E-state index in [1.165, 1.54) is 0 Å². The fraction of sp³-hybridized carbons (Fsp3) is 0.857. The summed E-state index contributed by atoms with van der Waals surface area (Å²) in [6, 6.07) is -1.65. The Balaban J connectivity index is 2.80. The van der Waals surface area contributed by atoms with Crippen LogP contribution in [0.1, 0.15) is 6.42 Å². The number of nitrogens with one attached hydrogen (secondary N) is 1. The van der Waals surface area contributed by atoms with Crippen molar-refractivity contribution in [2.24, 2.45) is 0 Å². The lowest BCUT2D eigenvalue weighted by molar-refractivity contribution is -0.139. The monoisotopic (exact) mass is 287 g/mol. The van der Waals surface area contributed by atoms with E-state index in [4.69, 9.17) is 10.2 Å². The van der Waals surface area contributed by atoms with Crippen LogP contribution in [0.5, 0.6) is 0 Å². The molecule has 1 heterocycles. The van der Waals surface area contributed by atoms with Crippen LogP contribution in [0, 0.1) is 0 Å². The predicted octanol–water partition coefficient (Wildman–Crippen LogP) is -2.46. The summed E-state index contributed by atoms with van der Waals surface area (Å²) < 4.78 is 47.3. The molecular formula is C7H13NO7S2. The first kappa shape index (κ1) is 14.4. The smallest absolute Gasteiger partial charge is 0.324 e. The van der Waals surface area contributed by atoms with Gasteiger partial charge in [0, 0.05) is 0 Å². The van der Waals surface area contributed by atoms with Crippen molar-refractivity contribution in [3.8, 4) is 0 Å². The highest BCUT2D eigenvalue weighted by Crippen LogP contribution is 2.18. The van der Waals surface area contributed by atoms with E-state index >= 15 is 0 Å². The normalized spacial score (nSPS) is 25.6. The van der Waals surface area contributed by atoms with E-state index in [0.29, 0.717) is 0 Å². The van der Waals surface area contributed by atoms with E-state index in [2.05, 4.69) is 0 Å². The third kappa shape index (κ3) is 3.63. The van der Waals surface area contributed by atoms with E-state index in [-0.39, 0.29) is 12.2 Å². The van der Waals surface area contributed by atoms with E-state index in [9.17, 15) is 21.6 Å². The van der Waals surface area contributed by atoms with Crippen molar-refractivity contribution >= 4 is 25.8 Å². The lowest BCUT2D eigenvalue weighted by Gasteiger charge is -2.15. The molecule has 2 unspecified atom stereocenters. The largest absolute Gasteiger partial charge is 0.480 e. The van der Waals surface area contributed by atoms with Gasteiger partial charge in [0.15, 0.2) is 9.84 Å². The zero-order valence-corrected chi connectivity index (χ0v) is 10.4. The first-order valence-corrected chi connectivity index (χ1v) is 8.10. The van der Waals surface area contributed by atoms with Gasteiger partial charge in [-0.2, -0.15) is 4.72 Å². The molecule has 0 aromatic carbocycles. The zero-order chi connectivity index (χ0) is 13.3. The van der Waals surface area contributed by atoms with E-state index in [0.717, 1.165) is 0 Å². The Morgan fingerprint density at radius 2 is 2.06 bits per heavy atom. The molecule has 0 aromatic rings. The number of aliphatic hydroxyl groups excluding tert-OH is 1. The number of hydrogen-bond acceptors (Lipinski definition) is 6. The fourth-order valence-corrected chi connectivity index (χ4v) is 5.69. The Kier molecular flexibility index (Phi) is 4.12. The van der Waals surface area contributed by atoms with Crippen molar-refractivity contribution in [3.63, 3.8) is 0 Å². The fourth-order valence-electron chi connectivity index (χ4n) is 1.47. The van der Waals surface area contributed by atoms with Gasteiger partial charge in [-0.1, -0.05) is 0 Å². The third-order valence-electron chi connectivity index (χ3n) is 2.42. The maximum atomic E-state index is 11.6. The summed E-state index contributed by atoms with van der Waals surface area (Å²) in [7, 11) is -7.43. The first-order chi connectivity index (χ1) is 7.68. The molecule has 0 saturated carbocycles. The Morgan fingerprint density at radius 3 is 2.41 bits per heavy atom. The van der Waals surface area contributed by atoms with Gasteiger partial charge in [-0.05, 0) is 6.42 Å². The highest BCUT2D eigenvalue weighted by atomic mass is 32.2. The van der Waals surface area contributed by atoms with Gasteiger partial charge in [-0.25, -0.2) is 16.8 Å². The molecule has 1 rings (SSSR count). The average Bonchev–Trinajstić information content (AvgIpc) is 2.55. The Bertz CT molecular complexity index is 494. The molecule has 1 saturated heterocycles. The van der Waals surface area contributed by atoms with Gasteiger partial charge in [0.1, 0.15) is 6.04 Å². The van der Waals surface area contributed by atoms with Gasteiger partial charge in [0.2, 0.25) is 10.0 Å². The summed E-state index contributed by atoms with van der Waals surface area (Å²) in [5.41, 5.74) is 0. The van der Waals surface area contributed by atoms with Gasteiger partial charge in [-0.3, -0.25) is 4.79 Å².